The third-order valence-electron chi connectivity index (χ3n) is 3.96. The first-order chi connectivity index (χ1) is 12.5. The minimum absolute atomic E-state index is 0.00260. The number of aryl methyl sites for hydroxylation is 1. The molecule has 2 aromatic carbocycles. The van der Waals surface area contributed by atoms with E-state index in [2.05, 4.69) is 5.32 Å². The fourth-order valence-corrected chi connectivity index (χ4v) is 2.66. The van der Waals surface area contributed by atoms with E-state index in [1.807, 2.05) is 36.4 Å². The zero-order valence-electron chi connectivity index (χ0n) is 14.3. The van der Waals surface area contributed by atoms with E-state index in [1.54, 1.807) is 24.3 Å². The summed E-state index contributed by atoms with van der Waals surface area (Å²) in [5.74, 6) is 1.39. The van der Waals surface area contributed by atoms with E-state index in [0.717, 1.165) is 17.1 Å². The summed E-state index contributed by atoms with van der Waals surface area (Å²) in [6.07, 6.45) is 0.812. The van der Waals surface area contributed by atoms with Gasteiger partial charge in [0.2, 0.25) is 5.91 Å². The number of furan rings is 1. The van der Waals surface area contributed by atoms with Crippen LogP contribution < -0.4 is 5.32 Å². The number of carbonyl (C=O) groups excluding carboxylic acids is 2. The van der Waals surface area contributed by atoms with Gasteiger partial charge in [0.05, 0.1) is 0 Å². The highest BCUT2D eigenvalue weighted by Gasteiger charge is 2.08. The Balaban J connectivity index is 1.54. The fourth-order valence-electron chi connectivity index (χ4n) is 2.53. The van der Waals surface area contributed by atoms with Crippen LogP contribution in [0.25, 0.3) is 11.3 Å². The van der Waals surface area contributed by atoms with E-state index >= 15 is 0 Å². The Labute approximate surface area is 156 Å². The molecule has 0 fully saturated rings. The molecule has 1 N–H and O–H groups in total. The number of anilines is 1. The van der Waals surface area contributed by atoms with Crippen molar-refractivity contribution in [2.45, 2.75) is 19.8 Å². The van der Waals surface area contributed by atoms with Gasteiger partial charge in [-0.1, -0.05) is 11.6 Å². The molecule has 0 unspecified atom stereocenters. The second kappa shape index (κ2) is 8.02. The van der Waals surface area contributed by atoms with Crippen LogP contribution in [-0.2, 0) is 11.2 Å². The largest absolute Gasteiger partial charge is 0.461 e. The number of hydrogen-bond acceptors (Lipinski definition) is 3. The van der Waals surface area contributed by atoms with Gasteiger partial charge in [-0.3, -0.25) is 9.59 Å². The zero-order chi connectivity index (χ0) is 18.5. The molecule has 5 heteroatoms. The van der Waals surface area contributed by atoms with Crippen LogP contribution in [0.2, 0.25) is 5.02 Å². The number of rotatable bonds is 6. The van der Waals surface area contributed by atoms with Crippen LogP contribution in [0.4, 0.5) is 5.69 Å². The van der Waals surface area contributed by atoms with Crippen molar-refractivity contribution in [1.29, 1.82) is 0 Å². The third kappa shape index (κ3) is 4.61. The highest BCUT2D eigenvalue weighted by atomic mass is 35.5. The van der Waals surface area contributed by atoms with Crippen LogP contribution in [0, 0.1) is 0 Å². The maximum Gasteiger partial charge on any atom is 0.224 e. The van der Waals surface area contributed by atoms with Gasteiger partial charge in [0.1, 0.15) is 11.5 Å². The fraction of sp³-hybridized carbons (Fsp3) is 0.143. The summed E-state index contributed by atoms with van der Waals surface area (Å²) in [7, 11) is 0. The molecule has 0 atom stereocenters. The van der Waals surface area contributed by atoms with Gasteiger partial charge in [0, 0.05) is 34.7 Å². The Morgan fingerprint density at radius 3 is 2.31 bits per heavy atom. The molecule has 0 saturated carbocycles. The van der Waals surface area contributed by atoms with Crippen molar-refractivity contribution in [2.75, 3.05) is 5.32 Å². The predicted molar refractivity (Wildman–Crippen MR) is 103 cm³/mol. The summed E-state index contributed by atoms with van der Waals surface area (Å²) in [5.41, 5.74) is 2.23. The van der Waals surface area contributed by atoms with Crippen LogP contribution in [0.15, 0.2) is 65.1 Å². The monoisotopic (exact) mass is 367 g/mol. The molecule has 1 aromatic heterocycles. The standard InChI is InChI=1S/C21H18ClNO3/c1-14(24)15-4-8-18(9-5-15)23-21(25)13-11-19-10-12-20(26-19)16-2-6-17(22)7-3-16/h2-10,12H,11,13H2,1H3,(H,23,25). The lowest BCUT2D eigenvalue weighted by Crippen LogP contribution is -2.12. The molecule has 3 aromatic rings. The molecule has 0 bridgehead atoms. The molecule has 26 heavy (non-hydrogen) atoms. The molecular weight excluding hydrogens is 350 g/mol. The lowest BCUT2D eigenvalue weighted by atomic mass is 10.1. The van der Waals surface area contributed by atoms with Crippen LogP contribution in [0.5, 0.6) is 0 Å². The van der Waals surface area contributed by atoms with E-state index in [1.165, 1.54) is 6.92 Å². The quantitative estimate of drug-likeness (QED) is 0.595. The number of halogens is 1. The van der Waals surface area contributed by atoms with E-state index in [-0.39, 0.29) is 11.7 Å². The van der Waals surface area contributed by atoms with Gasteiger partial charge < -0.3 is 9.73 Å². The average Bonchev–Trinajstić information content (AvgIpc) is 3.10. The maximum absolute atomic E-state index is 12.1. The zero-order valence-corrected chi connectivity index (χ0v) is 15.0. The normalized spacial score (nSPS) is 10.5. The van der Waals surface area contributed by atoms with E-state index in [4.69, 9.17) is 16.0 Å². The molecule has 0 spiro atoms. The summed E-state index contributed by atoms with van der Waals surface area (Å²) in [4.78, 5) is 23.3. The van der Waals surface area contributed by atoms with E-state index in [0.29, 0.717) is 29.1 Å². The Bertz CT molecular complexity index is 911. The smallest absolute Gasteiger partial charge is 0.224 e. The third-order valence-corrected chi connectivity index (χ3v) is 4.22. The Hall–Kier alpha value is -2.85. The van der Waals surface area contributed by atoms with Crippen molar-refractivity contribution < 1.29 is 14.0 Å². The minimum atomic E-state index is -0.106. The van der Waals surface area contributed by atoms with Crippen molar-refractivity contribution in [3.63, 3.8) is 0 Å². The molecule has 0 aliphatic carbocycles. The first-order valence-corrected chi connectivity index (χ1v) is 8.64. The first kappa shape index (κ1) is 18.0. The SMILES string of the molecule is CC(=O)c1ccc(NC(=O)CCc2ccc(-c3ccc(Cl)cc3)o2)cc1. The molecule has 4 nitrogen and oxygen atoms in total. The molecule has 132 valence electrons. The van der Waals surface area contributed by atoms with Crippen molar-refractivity contribution >= 4 is 29.0 Å². The summed E-state index contributed by atoms with van der Waals surface area (Å²) < 4.78 is 5.79. The van der Waals surface area contributed by atoms with Crippen molar-refractivity contribution in [2.24, 2.45) is 0 Å². The number of amides is 1. The summed E-state index contributed by atoms with van der Waals surface area (Å²) in [5, 5.41) is 3.49. The summed E-state index contributed by atoms with van der Waals surface area (Å²) in [6, 6.07) is 18.0. The molecule has 1 amide bonds. The Morgan fingerprint density at radius 1 is 0.962 bits per heavy atom. The summed E-state index contributed by atoms with van der Waals surface area (Å²) in [6.45, 7) is 1.51. The van der Waals surface area contributed by atoms with Crippen LogP contribution >= 0.6 is 11.6 Å². The number of Topliss-reactive ketones (excluding diaryl/α,β-unsaturated/α-hetero) is 1. The Kier molecular flexibility index (Phi) is 5.54. The number of nitrogens with one attached hydrogen (secondary N) is 1. The second-order valence-electron chi connectivity index (χ2n) is 5.95. The lowest BCUT2D eigenvalue weighted by Gasteiger charge is -2.05. The van der Waals surface area contributed by atoms with Crippen molar-refractivity contribution in [1.82, 2.24) is 0 Å². The molecule has 0 aliphatic rings. The van der Waals surface area contributed by atoms with Gasteiger partial charge in [0.15, 0.2) is 5.78 Å². The second-order valence-corrected chi connectivity index (χ2v) is 6.39. The van der Waals surface area contributed by atoms with E-state index in [9.17, 15) is 9.59 Å². The number of benzene rings is 2. The number of ketones is 1. The number of carbonyl (C=O) groups is 2. The van der Waals surface area contributed by atoms with Gasteiger partial charge in [-0.25, -0.2) is 0 Å². The topological polar surface area (TPSA) is 59.3 Å². The highest BCUT2D eigenvalue weighted by Crippen LogP contribution is 2.24. The summed E-state index contributed by atoms with van der Waals surface area (Å²) >= 11 is 5.89. The van der Waals surface area contributed by atoms with Gasteiger partial charge in [-0.15, -0.1) is 0 Å². The van der Waals surface area contributed by atoms with E-state index < -0.39 is 0 Å². The first-order valence-electron chi connectivity index (χ1n) is 8.27. The lowest BCUT2D eigenvalue weighted by molar-refractivity contribution is -0.116. The van der Waals surface area contributed by atoms with Crippen molar-refractivity contribution in [3.8, 4) is 11.3 Å². The maximum atomic E-state index is 12.1. The molecular formula is C21H18ClNO3. The molecule has 1 heterocycles. The Morgan fingerprint density at radius 2 is 1.65 bits per heavy atom. The van der Waals surface area contributed by atoms with Gasteiger partial charge in [0.25, 0.3) is 0 Å². The molecule has 0 aliphatic heterocycles. The van der Waals surface area contributed by atoms with Crippen LogP contribution in [-0.4, -0.2) is 11.7 Å². The van der Waals surface area contributed by atoms with Crippen LogP contribution in [0.3, 0.4) is 0 Å². The molecule has 3 rings (SSSR count). The van der Waals surface area contributed by atoms with Gasteiger partial charge in [-0.05, 0) is 67.6 Å². The van der Waals surface area contributed by atoms with Gasteiger partial charge >= 0.3 is 0 Å². The average molecular weight is 368 g/mol. The molecule has 0 radical (unpaired) electrons. The van der Waals surface area contributed by atoms with Crippen LogP contribution in [0.1, 0.15) is 29.5 Å². The van der Waals surface area contributed by atoms with Crippen molar-refractivity contribution in [3.05, 3.63) is 77.0 Å². The molecule has 0 saturated heterocycles. The number of hydrogen-bond donors (Lipinski definition) is 1. The minimum Gasteiger partial charge on any atom is -0.461 e. The predicted octanol–water partition coefficient (Wildman–Crippen LogP) is 5.37. The highest BCUT2D eigenvalue weighted by molar-refractivity contribution is 6.30. The van der Waals surface area contributed by atoms with Gasteiger partial charge in [-0.2, -0.15) is 0 Å².